The quantitative estimate of drug-likeness (QED) is 0.799. The highest BCUT2D eigenvalue weighted by Gasteiger charge is 2.33. The number of amides is 2. The van der Waals surface area contributed by atoms with Gasteiger partial charge in [-0.25, -0.2) is 4.79 Å². The van der Waals surface area contributed by atoms with Crippen molar-refractivity contribution in [3.05, 3.63) is 35.4 Å². The van der Waals surface area contributed by atoms with Gasteiger partial charge in [0.2, 0.25) is 0 Å². The van der Waals surface area contributed by atoms with Gasteiger partial charge in [0, 0.05) is 6.54 Å². The zero-order valence-electron chi connectivity index (χ0n) is 12.8. The lowest BCUT2D eigenvalue weighted by Gasteiger charge is -2.32. The van der Waals surface area contributed by atoms with Gasteiger partial charge in [-0.2, -0.15) is 13.2 Å². The Morgan fingerprint density at radius 1 is 1.27 bits per heavy atom. The van der Waals surface area contributed by atoms with Gasteiger partial charge in [-0.15, -0.1) is 0 Å². The van der Waals surface area contributed by atoms with Crippen molar-refractivity contribution >= 4 is 6.03 Å². The maximum Gasteiger partial charge on any atom is 0.416 e. The summed E-state index contributed by atoms with van der Waals surface area (Å²) in [5.41, 5.74) is -0.862. The number of halogens is 3. The second-order valence-corrected chi connectivity index (χ2v) is 6.05. The van der Waals surface area contributed by atoms with E-state index in [1.165, 1.54) is 6.07 Å². The third-order valence-corrected chi connectivity index (χ3v) is 3.09. The van der Waals surface area contributed by atoms with Crippen LogP contribution in [0.5, 0.6) is 0 Å². The zero-order chi connectivity index (χ0) is 17.0. The molecule has 0 saturated heterocycles. The normalized spacial score (nSPS) is 13.6. The first-order valence-electron chi connectivity index (χ1n) is 6.88. The molecule has 3 N–H and O–H groups in total. The summed E-state index contributed by atoms with van der Waals surface area (Å²) < 4.78 is 38.5. The number of aliphatic hydroxyl groups is 1. The summed E-state index contributed by atoms with van der Waals surface area (Å²) in [6.45, 7) is 5.33. The molecule has 2 amide bonds. The van der Waals surface area contributed by atoms with Crippen LogP contribution in [-0.4, -0.2) is 24.3 Å². The van der Waals surface area contributed by atoms with Crippen molar-refractivity contribution in [3.8, 4) is 0 Å². The summed E-state index contributed by atoms with van der Waals surface area (Å²) >= 11 is 0. The molecule has 1 rings (SSSR count). The maximum absolute atomic E-state index is 12.8. The second-order valence-electron chi connectivity index (χ2n) is 6.05. The smallest absolute Gasteiger partial charge is 0.395 e. The lowest BCUT2D eigenvalue weighted by atomic mass is 9.82. The number of rotatable bonds is 4. The van der Waals surface area contributed by atoms with E-state index >= 15 is 0 Å². The molecule has 1 unspecified atom stereocenters. The van der Waals surface area contributed by atoms with Crippen molar-refractivity contribution < 1.29 is 23.1 Å². The minimum Gasteiger partial charge on any atom is -0.395 e. The fourth-order valence-corrected chi connectivity index (χ4v) is 2.05. The highest BCUT2D eigenvalue weighted by molar-refractivity contribution is 5.74. The van der Waals surface area contributed by atoms with Gasteiger partial charge in [-0.05, 0) is 23.1 Å². The van der Waals surface area contributed by atoms with Crippen molar-refractivity contribution in [1.82, 2.24) is 10.6 Å². The first-order chi connectivity index (χ1) is 10.1. The van der Waals surface area contributed by atoms with Crippen LogP contribution in [-0.2, 0) is 6.18 Å². The summed E-state index contributed by atoms with van der Waals surface area (Å²) in [4.78, 5) is 11.8. The molecule has 0 spiro atoms. The summed E-state index contributed by atoms with van der Waals surface area (Å²) in [6.07, 6.45) is -4.43. The predicted molar refractivity (Wildman–Crippen MR) is 77.3 cm³/mol. The number of hydrogen-bond acceptors (Lipinski definition) is 2. The van der Waals surface area contributed by atoms with Crippen LogP contribution >= 0.6 is 0 Å². The summed E-state index contributed by atoms with van der Waals surface area (Å²) in [7, 11) is 0. The highest BCUT2D eigenvalue weighted by atomic mass is 19.4. The number of carbonyl (C=O) groups is 1. The van der Waals surface area contributed by atoms with Crippen molar-refractivity contribution in [3.63, 3.8) is 0 Å². The Hall–Kier alpha value is -1.76. The van der Waals surface area contributed by atoms with Gasteiger partial charge in [0.1, 0.15) is 0 Å². The van der Waals surface area contributed by atoms with Gasteiger partial charge in [0.15, 0.2) is 0 Å². The van der Waals surface area contributed by atoms with E-state index in [1.54, 1.807) is 6.07 Å². The molecule has 124 valence electrons. The van der Waals surface area contributed by atoms with Gasteiger partial charge in [-0.1, -0.05) is 32.9 Å². The summed E-state index contributed by atoms with van der Waals surface area (Å²) in [6, 6.07) is 3.78. The second kappa shape index (κ2) is 7.00. The van der Waals surface area contributed by atoms with Crippen molar-refractivity contribution in [2.75, 3.05) is 13.2 Å². The van der Waals surface area contributed by atoms with E-state index in [0.29, 0.717) is 5.56 Å². The molecule has 1 atom stereocenters. The third-order valence-electron chi connectivity index (χ3n) is 3.09. The van der Waals surface area contributed by atoms with Crippen LogP contribution in [0.25, 0.3) is 0 Å². The van der Waals surface area contributed by atoms with Crippen LogP contribution in [0.3, 0.4) is 0 Å². The van der Waals surface area contributed by atoms with E-state index in [1.807, 2.05) is 20.8 Å². The van der Waals surface area contributed by atoms with E-state index < -0.39 is 29.2 Å². The average Bonchev–Trinajstić information content (AvgIpc) is 2.40. The third kappa shape index (κ3) is 5.22. The molecule has 0 aliphatic carbocycles. The van der Waals surface area contributed by atoms with Crippen molar-refractivity contribution in [2.24, 2.45) is 5.41 Å². The Kier molecular flexibility index (Phi) is 5.82. The van der Waals surface area contributed by atoms with E-state index in [9.17, 15) is 18.0 Å². The average molecular weight is 318 g/mol. The largest absolute Gasteiger partial charge is 0.416 e. The first-order valence-corrected chi connectivity index (χ1v) is 6.88. The van der Waals surface area contributed by atoms with E-state index in [-0.39, 0.29) is 13.2 Å². The lowest BCUT2D eigenvalue weighted by Crippen LogP contribution is -2.43. The molecule has 0 radical (unpaired) electrons. The number of carbonyl (C=O) groups excluding carboxylic acids is 1. The van der Waals surface area contributed by atoms with Crippen LogP contribution < -0.4 is 10.6 Å². The standard InChI is InChI=1S/C15H21F3N2O2/c1-14(2,3)12(20-13(22)19-7-8-21)10-5-4-6-11(9-10)15(16,17)18/h4-6,9,12,21H,7-8H2,1-3H3,(H2,19,20,22). The Labute approximate surface area is 127 Å². The molecule has 0 aliphatic heterocycles. The number of urea groups is 1. The van der Waals surface area contributed by atoms with Crippen LogP contribution in [0.15, 0.2) is 24.3 Å². The molecule has 22 heavy (non-hydrogen) atoms. The van der Waals surface area contributed by atoms with Gasteiger partial charge < -0.3 is 15.7 Å². The number of nitrogens with one attached hydrogen (secondary N) is 2. The van der Waals surface area contributed by atoms with Crippen LogP contribution in [0.4, 0.5) is 18.0 Å². The molecule has 7 heteroatoms. The molecule has 4 nitrogen and oxygen atoms in total. The SMILES string of the molecule is CC(C)(C)C(NC(=O)NCCO)c1cccc(C(F)(F)F)c1. The molecule has 0 bridgehead atoms. The first kappa shape index (κ1) is 18.3. The fraction of sp³-hybridized carbons (Fsp3) is 0.533. The summed E-state index contributed by atoms with van der Waals surface area (Å²) in [5.74, 6) is 0. The molecule has 1 aromatic rings. The van der Waals surface area contributed by atoms with Gasteiger partial charge in [0.05, 0.1) is 18.2 Å². The lowest BCUT2D eigenvalue weighted by molar-refractivity contribution is -0.137. The topological polar surface area (TPSA) is 61.4 Å². The Balaban J connectivity index is 3.06. The van der Waals surface area contributed by atoms with Crippen LogP contribution in [0.1, 0.15) is 37.9 Å². The van der Waals surface area contributed by atoms with Crippen LogP contribution in [0.2, 0.25) is 0 Å². The van der Waals surface area contributed by atoms with E-state index in [4.69, 9.17) is 5.11 Å². The van der Waals surface area contributed by atoms with Gasteiger partial charge >= 0.3 is 12.2 Å². The molecule has 0 saturated carbocycles. The minimum absolute atomic E-state index is 0.0747. The zero-order valence-corrected chi connectivity index (χ0v) is 12.8. The van der Waals surface area contributed by atoms with Crippen LogP contribution in [0, 0.1) is 5.41 Å². The monoisotopic (exact) mass is 318 g/mol. The van der Waals surface area contributed by atoms with E-state index in [2.05, 4.69) is 10.6 Å². The summed E-state index contributed by atoms with van der Waals surface area (Å²) in [5, 5.41) is 13.8. The molecular formula is C15H21F3N2O2. The highest BCUT2D eigenvalue weighted by Crippen LogP contribution is 2.36. The van der Waals surface area contributed by atoms with Gasteiger partial charge in [-0.3, -0.25) is 0 Å². The number of aliphatic hydroxyl groups excluding tert-OH is 1. The van der Waals surface area contributed by atoms with Gasteiger partial charge in [0.25, 0.3) is 0 Å². The predicted octanol–water partition coefficient (Wildman–Crippen LogP) is 3.08. The minimum atomic E-state index is -4.43. The molecule has 1 aromatic carbocycles. The van der Waals surface area contributed by atoms with Crippen molar-refractivity contribution in [2.45, 2.75) is 33.0 Å². The molecule has 0 heterocycles. The number of hydrogen-bond donors (Lipinski definition) is 3. The molecular weight excluding hydrogens is 297 g/mol. The Morgan fingerprint density at radius 2 is 1.91 bits per heavy atom. The number of alkyl halides is 3. The molecule has 0 aromatic heterocycles. The molecule has 0 fully saturated rings. The number of benzene rings is 1. The van der Waals surface area contributed by atoms with Crippen molar-refractivity contribution in [1.29, 1.82) is 0 Å². The fourth-order valence-electron chi connectivity index (χ4n) is 2.05. The molecule has 0 aliphatic rings. The maximum atomic E-state index is 12.8. The Bertz CT molecular complexity index is 510. The van der Waals surface area contributed by atoms with E-state index in [0.717, 1.165) is 12.1 Å². The Morgan fingerprint density at radius 3 is 2.41 bits per heavy atom.